The van der Waals surface area contributed by atoms with Crippen molar-refractivity contribution in [3.63, 3.8) is 0 Å². The van der Waals surface area contributed by atoms with Crippen molar-refractivity contribution >= 4 is 26.6 Å². The summed E-state index contributed by atoms with van der Waals surface area (Å²) in [5, 5.41) is 3.34. The Morgan fingerprint density at radius 2 is 1.85 bits per heavy atom. The summed E-state index contributed by atoms with van der Waals surface area (Å²) in [7, 11) is -3.55. The Morgan fingerprint density at radius 1 is 1.15 bits per heavy atom. The van der Waals surface area contributed by atoms with Crippen molar-refractivity contribution in [2.24, 2.45) is 0 Å². The van der Waals surface area contributed by atoms with Gasteiger partial charge in [-0.15, -0.1) is 6.58 Å². The Balaban J connectivity index is 1.97. The van der Waals surface area contributed by atoms with Crippen LogP contribution in [-0.4, -0.2) is 25.4 Å². The number of nitrogens with zero attached hydrogens (tertiary/aromatic N) is 1. The summed E-state index contributed by atoms with van der Waals surface area (Å²) in [6.45, 7) is 5.95. The second kappa shape index (κ2) is 7.80. The number of sulfone groups is 1. The molecule has 0 unspecified atom stereocenters. The second-order valence-corrected chi connectivity index (χ2v) is 8.43. The van der Waals surface area contributed by atoms with Gasteiger partial charge in [0.2, 0.25) is 5.91 Å². The molecule has 27 heavy (non-hydrogen) atoms. The van der Waals surface area contributed by atoms with E-state index >= 15 is 0 Å². The summed E-state index contributed by atoms with van der Waals surface area (Å²) in [6, 6.07) is 14.7. The first-order chi connectivity index (χ1) is 12.9. The first-order valence-electron chi connectivity index (χ1n) is 8.64. The molecule has 2 aromatic carbocycles. The molecular weight excluding hydrogens is 360 g/mol. The van der Waals surface area contributed by atoms with Gasteiger partial charge in [0.25, 0.3) is 0 Å². The van der Waals surface area contributed by atoms with Crippen molar-refractivity contribution in [3.8, 4) is 0 Å². The molecule has 0 fully saturated rings. The predicted octanol–water partition coefficient (Wildman–Crippen LogP) is 3.23. The molecule has 0 aliphatic carbocycles. The van der Waals surface area contributed by atoms with E-state index in [0.717, 1.165) is 11.1 Å². The van der Waals surface area contributed by atoms with E-state index in [-0.39, 0.29) is 23.1 Å². The zero-order valence-corrected chi connectivity index (χ0v) is 16.0. The van der Waals surface area contributed by atoms with Gasteiger partial charge in [-0.3, -0.25) is 4.79 Å². The zero-order valence-electron chi connectivity index (χ0n) is 15.2. The summed E-state index contributed by atoms with van der Waals surface area (Å²) in [5.41, 5.74) is 2.54. The van der Waals surface area contributed by atoms with E-state index in [0.29, 0.717) is 17.4 Å². The molecule has 5 nitrogen and oxygen atoms in total. The number of hydrogen-bond donors (Lipinski definition) is 1. The minimum absolute atomic E-state index is 0.0500. The standard InChI is InChI=1S/C21H22N2O3S/c1-3-12-22-21(24)14-23-13-20(18-6-4-5-7-19(18)23)27(25,26)15-17-10-8-16(2)9-11-17/h3-11,13H,1,12,14-15H2,2H3,(H,22,24). The number of carbonyl (C=O) groups is 1. The van der Waals surface area contributed by atoms with Gasteiger partial charge in [0.1, 0.15) is 6.54 Å². The highest BCUT2D eigenvalue weighted by Crippen LogP contribution is 2.28. The van der Waals surface area contributed by atoms with Crippen LogP contribution in [0.5, 0.6) is 0 Å². The van der Waals surface area contributed by atoms with Crippen LogP contribution >= 0.6 is 0 Å². The fourth-order valence-electron chi connectivity index (χ4n) is 2.97. The Bertz CT molecular complexity index is 1080. The van der Waals surface area contributed by atoms with E-state index in [1.54, 1.807) is 29.0 Å². The van der Waals surface area contributed by atoms with Gasteiger partial charge in [-0.1, -0.05) is 54.1 Å². The number of benzene rings is 2. The number of aryl methyl sites for hydroxylation is 1. The topological polar surface area (TPSA) is 68.2 Å². The van der Waals surface area contributed by atoms with Gasteiger partial charge in [0.15, 0.2) is 9.84 Å². The van der Waals surface area contributed by atoms with Crippen LogP contribution in [0.4, 0.5) is 0 Å². The molecule has 0 saturated carbocycles. The average Bonchev–Trinajstić information content (AvgIpc) is 3.01. The van der Waals surface area contributed by atoms with Crippen molar-refractivity contribution in [1.82, 2.24) is 9.88 Å². The molecule has 0 saturated heterocycles. The summed E-state index contributed by atoms with van der Waals surface area (Å²) in [5.74, 6) is -0.276. The Labute approximate surface area is 159 Å². The van der Waals surface area contributed by atoms with E-state index in [1.165, 1.54) is 0 Å². The summed E-state index contributed by atoms with van der Waals surface area (Å²) >= 11 is 0. The van der Waals surface area contributed by atoms with Crippen molar-refractivity contribution in [2.75, 3.05) is 6.54 Å². The third kappa shape index (κ3) is 4.28. The molecule has 3 rings (SSSR count). The lowest BCUT2D eigenvalue weighted by molar-refractivity contribution is -0.121. The van der Waals surface area contributed by atoms with Gasteiger partial charge in [-0.25, -0.2) is 8.42 Å². The van der Waals surface area contributed by atoms with Crippen molar-refractivity contribution in [2.45, 2.75) is 24.1 Å². The predicted molar refractivity (Wildman–Crippen MR) is 107 cm³/mol. The Morgan fingerprint density at radius 3 is 2.56 bits per heavy atom. The molecule has 0 radical (unpaired) electrons. The summed E-state index contributed by atoms with van der Waals surface area (Å²) in [6.07, 6.45) is 3.16. The van der Waals surface area contributed by atoms with E-state index in [2.05, 4.69) is 11.9 Å². The highest BCUT2D eigenvalue weighted by molar-refractivity contribution is 7.90. The van der Waals surface area contributed by atoms with Gasteiger partial charge in [-0.05, 0) is 18.6 Å². The summed E-state index contributed by atoms with van der Waals surface area (Å²) in [4.78, 5) is 12.3. The molecule has 0 bridgehead atoms. The number of aromatic nitrogens is 1. The summed E-state index contributed by atoms with van der Waals surface area (Å²) < 4.78 is 27.8. The molecule has 0 atom stereocenters. The van der Waals surface area contributed by atoms with Crippen LogP contribution < -0.4 is 5.32 Å². The van der Waals surface area contributed by atoms with Crippen LogP contribution in [0.3, 0.4) is 0 Å². The average molecular weight is 382 g/mol. The minimum Gasteiger partial charge on any atom is -0.351 e. The van der Waals surface area contributed by atoms with E-state index < -0.39 is 9.84 Å². The Hall–Kier alpha value is -2.86. The fourth-order valence-corrected chi connectivity index (χ4v) is 4.55. The third-order valence-corrected chi connectivity index (χ3v) is 6.03. The number of para-hydroxylation sites is 1. The fraction of sp³-hybridized carbons (Fsp3) is 0.190. The van der Waals surface area contributed by atoms with Crippen molar-refractivity contribution in [1.29, 1.82) is 0 Å². The van der Waals surface area contributed by atoms with Crippen LogP contribution in [0.25, 0.3) is 10.9 Å². The monoisotopic (exact) mass is 382 g/mol. The van der Waals surface area contributed by atoms with E-state index in [4.69, 9.17) is 0 Å². The normalized spacial score (nSPS) is 11.4. The lowest BCUT2D eigenvalue weighted by Crippen LogP contribution is -2.27. The Kier molecular flexibility index (Phi) is 5.46. The molecule has 1 N–H and O–H groups in total. The van der Waals surface area contributed by atoms with Crippen LogP contribution in [0.2, 0.25) is 0 Å². The van der Waals surface area contributed by atoms with Crippen LogP contribution in [0, 0.1) is 6.92 Å². The van der Waals surface area contributed by atoms with Gasteiger partial charge in [0, 0.05) is 23.6 Å². The number of rotatable bonds is 7. The molecule has 1 heterocycles. The first kappa shape index (κ1) is 18.9. The van der Waals surface area contributed by atoms with Crippen LogP contribution in [0.1, 0.15) is 11.1 Å². The lowest BCUT2D eigenvalue weighted by Gasteiger charge is -2.05. The molecule has 1 aromatic heterocycles. The zero-order chi connectivity index (χ0) is 19.4. The van der Waals surface area contributed by atoms with E-state index in [1.807, 2.05) is 43.3 Å². The number of carbonyl (C=O) groups excluding carboxylic acids is 1. The molecule has 0 aliphatic rings. The minimum atomic E-state index is -3.55. The molecular formula is C21H22N2O3S. The maximum absolute atomic E-state index is 13.0. The quantitative estimate of drug-likeness (QED) is 0.638. The number of nitrogens with one attached hydrogen (secondary N) is 1. The third-order valence-electron chi connectivity index (χ3n) is 4.32. The maximum Gasteiger partial charge on any atom is 0.240 e. The second-order valence-electron chi connectivity index (χ2n) is 6.48. The van der Waals surface area contributed by atoms with Gasteiger partial charge in [0.05, 0.1) is 10.6 Å². The molecule has 3 aromatic rings. The largest absolute Gasteiger partial charge is 0.351 e. The SMILES string of the molecule is C=CCNC(=O)Cn1cc(S(=O)(=O)Cc2ccc(C)cc2)c2ccccc21. The highest BCUT2D eigenvalue weighted by atomic mass is 32.2. The number of amides is 1. The van der Waals surface area contributed by atoms with Crippen LogP contribution in [-0.2, 0) is 26.9 Å². The van der Waals surface area contributed by atoms with E-state index in [9.17, 15) is 13.2 Å². The molecule has 0 spiro atoms. The number of hydrogen-bond acceptors (Lipinski definition) is 3. The first-order valence-corrected chi connectivity index (χ1v) is 10.3. The van der Waals surface area contributed by atoms with Crippen LogP contribution in [0.15, 0.2) is 72.3 Å². The lowest BCUT2D eigenvalue weighted by atomic mass is 10.2. The van der Waals surface area contributed by atoms with Crippen molar-refractivity contribution in [3.05, 3.63) is 78.5 Å². The van der Waals surface area contributed by atoms with Gasteiger partial charge >= 0.3 is 0 Å². The smallest absolute Gasteiger partial charge is 0.240 e. The molecule has 1 amide bonds. The molecule has 6 heteroatoms. The van der Waals surface area contributed by atoms with Gasteiger partial charge in [-0.2, -0.15) is 0 Å². The van der Waals surface area contributed by atoms with Gasteiger partial charge < -0.3 is 9.88 Å². The maximum atomic E-state index is 13.0. The number of fused-ring (bicyclic) bond motifs is 1. The van der Waals surface area contributed by atoms with Crippen molar-refractivity contribution < 1.29 is 13.2 Å². The molecule has 0 aliphatic heterocycles. The highest BCUT2D eigenvalue weighted by Gasteiger charge is 2.22. The molecule has 140 valence electrons.